The van der Waals surface area contributed by atoms with Crippen LogP contribution in [0, 0.1) is 0 Å². The summed E-state index contributed by atoms with van der Waals surface area (Å²) in [6, 6.07) is 11.9. The van der Waals surface area contributed by atoms with Crippen molar-refractivity contribution in [3.63, 3.8) is 0 Å². The molecule has 0 spiro atoms. The fraction of sp³-hybridized carbons (Fsp3) is 0.261. The van der Waals surface area contributed by atoms with Crippen molar-refractivity contribution in [3.05, 3.63) is 73.3 Å². The van der Waals surface area contributed by atoms with Gasteiger partial charge in [-0.25, -0.2) is 0 Å². The van der Waals surface area contributed by atoms with Crippen molar-refractivity contribution in [1.29, 1.82) is 0 Å². The van der Waals surface area contributed by atoms with Gasteiger partial charge in [-0.3, -0.25) is 0 Å². The first-order valence-electron chi connectivity index (χ1n) is 10.2. The first-order chi connectivity index (χ1) is 15.6. The second kappa shape index (κ2) is 8.71. The molecule has 7 nitrogen and oxygen atoms in total. The molecule has 1 N–H and O–H groups in total. The lowest BCUT2D eigenvalue weighted by molar-refractivity contribution is 0.399. The number of methoxy groups -OCH3 is 2. The Bertz CT molecular complexity index is 1250. The molecule has 2 aliphatic rings. The molecule has 3 aromatic rings. The highest BCUT2D eigenvalue weighted by molar-refractivity contribution is 9.10. The van der Waals surface area contributed by atoms with E-state index in [1.165, 1.54) is 11.1 Å². The van der Waals surface area contributed by atoms with E-state index in [1.807, 2.05) is 28.9 Å². The largest absolute Gasteiger partial charge is 0.496 e. The average molecular weight is 559 g/mol. The maximum absolute atomic E-state index is 5.71. The highest BCUT2D eigenvalue weighted by Gasteiger charge is 2.35. The number of allylic oxidation sites excluding steroid dienone is 2. The third-order valence-electron chi connectivity index (χ3n) is 5.85. The highest BCUT2D eigenvalue weighted by atomic mass is 79.9. The van der Waals surface area contributed by atoms with Crippen LogP contribution in [0.2, 0.25) is 0 Å². The number of tetrazole rings is 1. The van der Waals surface area contributed by atoms with Gasteiger partial charge in [0, 0.05) is 25.8 Å². The van der Waals surface area contributed by atoms with E-state index in [4.69, 9.17) is 9.47 Å². The number of benzene rings is 2. The molecule has 164 valence electrons. The van der Waals surface area contributed by atoms with Crippen LogP contribution < -0.4 is 14.8 Å². The molecular weight excluding hydrogens is 538 g/mol. The van der Waals surface area contributed by atoms with Crippen LogP contribution in [0.25, 0.3) is 6.08 Å². The summed E-state index contributed by atoms with van der Waals surface area (Å²) in [4.78, 5) is 0. The zero-order valence-corrected chi connectivity index (χ0v) is 20.8. The zero-order chi connectivity index (χ0) is 22.2. The van der Waals surface area contributed by atoms with E-state index < -0.39 is 0 Å². The third kappa shape index (κ3) is 3.73. The van der Waals surface area contributed by atoms with E-state index in [2.05, 4.69) is 70.9 Å². The minimum atomic E-state index is -0.156. The normalized spacial score (nSPS) is 18.8. The summed E-state index contributed by atoms with van der Waals surface area (Å²) in [6.07, 6.45) is 5.12. The topological polar surface area (TPSA) is 74.1 Å². The molecule has 0 fully saturated rings. The maximum atomic E-state index is 5.71. The Hall–Kier alpha value is -2.65. The van der Waals surface area contributed by atoms with Gasteiger partial charge in [-0.2, -0.15) is 4.68 Å². The fourth-order valence-electron chi connectivity index (χ4n) is 4.46. The van der Waals surface area contributed by atoms with Gasteiger partial charge in [0.1, 0.15) is 17.5 Å². The first-order valence-corrected chi connectivity index (χ1v) is 11.8. The van der Waals surface area contributed by atoms with E-state index >= 15 is 0 Å². The molecular formula is C23H21Br2N5O2. The van der Waals surface area contributed by atoms with E-state index in [0.29, 0.717) is 5.95 Å². The predicted octanol–water partition coefficient (Wildman–Crippen LogP) is 5.75. The minimum Gasteiger partial charge on any atom is -0.496 e. The lowest BCUT2D eigenvalue weighted by Crippen LogP contribution is -2.28. The summed E-state index contributed by atoms with van der Waals surface area (Å²) in [5.41, 5.74) is 5.57. The smallest absolute Gasteiger partial charge is 0.248 e. The third-order valence-corrected chi connectivity index (χ3v) is 6.83. The Balaban J connectivity index is 1.69. The number of rotatable bonds is 4. The van der Waals surface area contributed by atoms with Crippen LogP contribution in [-0.4, -0.2) is 34.4 Å². The Kier molecular flexibility index (Phi) is 5.77. The quantitative estimate of drug-likeness (QED) is 0.439. The van der Waals surface area contributed by atoms with E-state index in [-0.39, 0.29) is 6.04 Å². The molecule has 1 atom stereocenters. The Morgan fingerprint density at radius 1 is 1.03 bits per heavy atom. The number of hydrogen-bond acceptors (Lipinski definition) is 6. The van der Waals surface area contributed by atoms with Crippen molar-refractivity contribution >= 4 is 43.9 Å². The number of nitrogens with zero attached hydrogens (tertiary/aromatic N) is 4. The van der Waals surface area contributed by atoms with Gasteiger partial charge in [0.25, 0.3) is 0 Å². The SMILES string of the molecule is COc1ccc(Br)cc1/C=C1\CCCC2=C1Nc1nnnn1[C@H]2c1cc(Br)ccc1OC. The summed E-state index contributed by atoms with van der Waals surface area (Å²) in [5.74, 6) is 2.25. The van der Waals surface area contributed by atoms with Crippen LogP contribution in [0.1, 0.15) is 36.4 Å². The summed E-state index contributed by atoms with van der Waals surface area (Å²) >= 11 is 7.19. The monoisotopic (exact) mass is 557 g/mol. The van der Waals surface area contributed by atoms with Crippen LogP contribution in [0.15, 0.2) is 62.2 Å². The molecule has 32 heavy (non-hydrogen) atoms. The van der Waals surface area contributed by atoms with Crippen molar-refractivity contribution in [1.82, 2.24) is 20.2 Å². The van der Waals surface area contributed by atoms with Gasteiger partial charge in [-0.05, 0) is 83.3 Å². The van der Waals surface area contributed by atoms with Gasteiger partial charge >= 0.3 is 0 Å². The fourth-order valence-corrected chi connectivity index (χ4v) is 5.21. The van der Waals surface area contributed by atoms with E-state index in [1.54, 1.807) is 14.2 Å². The van der Waals surface area contributed by atoms with E-state index in [9.17, 15) is 0 Å². The Morgan fingerprint density at radius 3 is 2.56 bits per heavy atom. The highest BCUT2D eigenvalue weighted by Crippen LogP contribution is 2.46. The van der Waals surface area contributed by atoms with Gasteiger partial charge in [-0.1, -0.05) is 37.0 Å². The average Bonchev–Trinajstić information content (AvgIpc) is 3.26. The summed E-state index contributed by atoms with van der Waals surface area (Å²) in [6.45, 7) is 0. The van der Waals surface area contributed by atoms with Crippen molar-refractivity contribution in [2.24, 2.45) is 0 Å². The molecule has 9 heteroatoms. The second-order valence-electron chi connectivity index (χ2n) is 7.67. The van der Waals surface area contributed by atoms with Gasteiger partial charge in [0.2, 0.25) is 5.95 Å². The van der Waals surface area contributed by atoms with Gasteiger partial charge < -0.3 is 14.8 Å². The Morgan fingerprint density at radius 2 is 1.78 bits per heavy atom. The van der Waals surface area contributed by atoms with Crippen LogP contribution in [0.3, 0.4) is 0 Å². The van der Waals surface area contributed by atoms with Gasteiger partial charge in [-0.15, -0.1) is 0 Å². The molecule has 0 unspecified atom stereocenters. The lowest BCUT2D eigenvalue weighted by Gasteiger charge is -2.34. The van der Waals surface area contributed by atoms with Crippen LogP contribution in [0.4, 0.5) is 5.95 Å². The lowest BCUT2D eigenvalue weighted by atomic mass is 9.83. The van der Waals surface area contributed by atoms with E-state index in [0.717, 1.165) is 56.5 Å². The van der Waals surface area contributed by atoms with Crippen LogP contribution in [0.5, 0.6) is 11.5 Å². The summed E-state index contributed by atoms with van der Waals surface area (Å²) < 4.78 is 15.1. The van der Waals surface area contributed by atoms with Crippen LogP contribution in [-0.2, 0) is 0 Å². The standard InChI is InChI=1S/C23H21Br2N5O2/c1-31-19-8-6-15(24)11-14(19)10-13-4-3-5-17-21(13)26-23-27-28-29-30(23)22(17)18-12-16(25)7-9-20(18)32-2/h6-12,22H,3-5H2,1-2H3,(H,26,27,29)/b13-10+/t22-/m1/s1. The number of ether oxygens (including phenoxy) is 2. The molecule has 1 aliphatic carbocycles. The number of anilines is 1. The summed E-state index contributed by atoms with van der Waals surface area (Å²) in [7, 11) is 3.38. The van der Waals surface area contributed by atoms with Crippen LogP contribution >= 0.6 is 31.9 Å². The number of aromatic nitrogens is 4. The zero-order valence-electron chi connectivity index (χ0n) is 17.6. The molecule has 0 saturated carbocycles. The van der Waals surface area contributed by atoms with Crippen molar-refractivity contribution < 1.29 is 9.47 Å². The predicted molar refractivity (Wildman–Crippen MR) is 130 cm³/mol. The Labute approximate surface area is 202 Å². The second-order valence-corrected chi connectivity index (χ2v) is 9.50. The molecule has 0 amide bonds. The molecule has 1 aliphatic heterocycles. The molecule has 1 aromatic heterocycles. The van der Waals surface area contributed by atoms with Gasteiger partial charge in [0.05, 0.1) is 14.2 Å². The number of fused-ring (bicyclic) bond motifs is 1. The number of halogens is 2. The molecule has 0 radical (unpaired) electrons. The molecule has 0 saturated heterocycles. The van der Waals surface area contributed by atoms with Crippen molar-refractivity contribution in [2.75, 3.05) is 19.5 Å². The molecule has 2 aromatic carbocycles. The first kappa shape index (κ1) is 21.2. The van der Waals surface area contributed by atoms with Crippen molar-refractivity contribution in [2.45, 2.75) is 25.3 Å². The summed E-state index contributed by atoms with van der Waals surface area (Å²) in [5, 5.41) is 16.0. The maximum Gasteiger partial charge on any atom is 0.248 e. The van der Waals surface area contributed by atoms with Crippen molar-refractivity contribution in [3.8, 4) is 11.5 Å². The molecule has 5 rings (SSSR count). The van der Waals surface area contributed by atoms with Gasteiger partial charge in [0.15, 0.2) is 0 Å². The molecule has 0 bridgehead atoms. The molecule has 2 heterocycles. The number of nitrogens with one attached hydrogen (secondary N) is 1. The number of hydrogen-bond donors (Lipinski definition) is 1. The minimum absolute atomic E-state index is 0.156.